The maximum Gasteiger partial charge on any atom is 0.226 e. The molecule has 2 atom stereocenters. The lowest BCUT2D eigenvalue weighted by molar-refractivity contribution is -0.137. The molecule has 1 amide bonds. The van der Waals surface area contributed by atoms with Gasteiger partial charge in [0.25, 0.3) is 0 Å². The van der Waals surface area contributed by atoms with Gasteiger partial charge in [0.2, 0.25) is 11.7 Å². The van der Waals surface area contributed by atoms with E-state index >= 15 is 0 Å². The summed E-state index contributed by atoms with van der Waals surface area (Å²) >= 11 is 0. The van der Waals surface area contributed by atoms with Crippen LogP contribution in [0.2, 0.25) is 0 Å². The van der Waals surface area contributed by atoms with Crippen LogP contribution in [0.25, 0.3) is 0 Å². The van der Waals surface area contributed by atoms with Gasteiger partial charge in [-0.15, -0.1) is 10.2 Å². The van der Waals surface area contributed by atoms with Crippen molar-refractivity contribution in [3.63, 3.8) is 0 Å². The van der Waals surface area contributed by atoms with Gasteiger partial charge in [-0.25, -0.2) is 8.78 Å². The van der Waals surface area contributed by atoms with E-state index < -0.39 is 17.2 Å². The molecule has 9 heteroatoms. The van der Waals surface area contributed by atoms with Gasteiger partial charge >= 0.3 is 0 Å². The van der Waals surface area contributed by atoms with E-state index in [1.54, 1.807) is 4.90 Å². The van der Waals surface area contributed by atoms with Crippen LogP contribution in [0.4, 0.5) is 8.78 Å². The number of aliphatic hydroxyl groups is 1. The fourth-order valence-corrected chi connectivity index (χ4v) is 3.53. The number of halogens is 2. The number of amides is 1. The Morgan fingerprint density at radius 2 is 2.08 bits per heavy atom. The third kappa shape index (κ3) is 2.88. The third-order valence-corrected chi connectivity index (χ3v) is 5.13. The maximum atomic E-state index is 13.9. The fraction of sp³-hybridized carbons (Fsp3) is 0.500. The molecule has 2 heterocycles. The number of tetrazole rings is 1. The van der Waals surface area contributed by atoms with Crippen LogP contribution < -0.4 is 0 Å². The van der Waals surface area contributed by atoms with E-state index in [0.29, 0.717) is 37.9 Å². The average Bonchev–Trinajstić information content (AvgIpc) is 3.16. The molecule has 0 bridgehead atoms. The van der Waals surface area contributed by atoms with Crippen LogP contribution in [-0.4, -0.2) is 49.6 Å². The highest BCUT2D eigenvalue weighted by molar-refractivity contribution is 5.83. The van der Waals surface area contributed by atoms with Gasteiger partial charge in [-0.2, -0.15) is 5.21 Å². The lowest BCUT2D eigenvalue weighted by Crippen LogP contribution is -2.46. The monoisotopic (exact) mass is 349 g/mol. The summed E-state index contributed by atoms with van der Waals surface area (Å²) in [5.41, 5.74) is -0.796. The number of likely N-dealkylation sites (tertiary alicyclic amines) is 1. The molecule has 1 aliphatic carbocycles. The van der Waals surface area contributed by atoms with Crippen molar-refractivity contribution in [3.8, 4) is 0 Å². The molecule has 2 aliphatic rings. The lowest BCUT2D eigenvalue weighted by Gasteiger charge is -2.36. The first-order valence-electron chi connectivity index (χ1n) is 8.18. The molecule has 7 nitrogen and oxygen atoms in total. The first kappa shape index (κ1) is 16.1. The number of piperidine rings is 1. The number of H-pyrrole nitrogens is 1. The molecule has 2 N–H and O–H groups in total. The van der Waals surface area contributed by atoms with Gasteiger partial charge in [0.05, 0.1) is 0 Å². The summed E-state index contributed by atoms with van der Waals surface area (Å²) in [4.78, 5) is 14.3. The lowest BCUT2D eigenvalue weighted by atomic mass is 9.90. The Bertz CT molecular complexity index is 790. The summed E-state index contributed by atoms with van der Waals surface area (Å²) < 4.78 is 26.9. The standard InChI is InChI=1S/C16H17F2N5O2/c17-9-1-2-10(13(18)7-9)11-8-12(11)14(24)23-5-3-16(25,4-6-23)15-19-21-22-20-15/h1-2,7,11-12,25H,3-6,8H2,(H,19,20,21,22)/t11-,12+/m0/s1. The van der Waals surface area contributed by atoms with E-state index in [-0.39, 0.29) is 23.6 Å². The Balaban J connectivity index is 1.39. The summed E-state index contributed by atoms with van der Waals surface area (Å²) in [5.74, 6) is -1.53. The average molecular weight is 349 g/mol. The van der Waals surface area contributed by atoms with Crippen molar-refractivity contribution in [1.82, 2.24) is 25.5 Å². The largest absolute Gasteiger partial charge is 0.382 e. The summed E-state index contributed by atoms with van der Waals surface area (Å²) in [6.45, 7) is 0.748. The molecule has 1 aliphatic heterocycles. The second-order valence-corrected chi connectivity index (χ2v) is 6.71. The fourth-order valence-electron chi connectivity index (χ4n) is 3.53. The van der Waals surface area contributed by atoms with Crippen molar-refractivity contribution >= 4 is 5.91 Å². The van der Waals surface area contributed by atoms with Crippen molar-refractivity contribution in [2.75, 3.05) is 13.1 Å². The quantitative estimate of drug-likeness (QED) is 0.865. The topological polar surface area (TPSA) is 95.0 Å². The number of hydrogen-bond donors (Lipinski definition) is 2. The van der Waals surface area contributed by atoms with Crippen molar-refractivity contribution in [3.05, 3.63) is 41.2 Å². The van der Waals surface area contributed by atoms with E-state index in [1.165, 1.54) is 12.1 Å². The number of nitrogens with one attached hydrogen (secondary N) is 1. The van der Waals surface area contributed by atoms with Crippen molar-refractivity contribution < 1.29 is 18.7 Å². The minimum absolute atomic E-state index is 0.0520. The zero-order valence-corrected chi connectivity index (χ0v) is 13.3. The van der Waals surface area contributed by atoms with Crippen molar-refractivity contribution in [2.45, 2.75) is 30.8 Å². The van der Waals surface area contributed by atoms with Crippen LogP contribution in [0.5, 0.6) is 0 Å². The summed E-state index contributed by atoms with van der Waals surface area (Å²) in [6, 6.07) is 3.47. The third-order valence-electron chi connectivity index (χ3n) is 5.13. The number of aromatic nitrogens is 4. The maximum absolute atomic E-state index is 13.9. The molecule has 1 saturated heterocycles. The molecular formula is C16H17F2N5O2. The first-order chi connectivity index (χ1) is 12.0. The Labute approximate surface area is 142 Å². The van der Waals surface area contributed by atoms with Gasteiger partial charge in [0, 0.05) is 37.9 Å². The molecule has 0 unspecified atom stereocenters. The summed E-state index contributed by atoms with van der Waals surface area (Å²) in [7, 11) is 0. The van der Waals surface area contributed by atoms with Gasteiger partial charge in [-0.1, -0.05) is 11.3 Å². The Kier molecular flexibility index (Phi) is 3.75. The number of carbonyl (C=O) groups excluding carboxylic acids is 1. The van der Waals surface area contributed by atoms with Crippen LogP contribution in [0.3, 0.4) is 0 Å². The second-order valence-electron chi connectivity index (χ2n) is 6.71. The molecule has 2 aromatic rings. The van der Waals surface area contributed by atoms with E-state index in [9.17, 15) is 18.7 Å². The van der Waals surface area contributed by atoms with Crippen LogP contribution in [-0.2, 0) is 10.4 Å². The van der Waals surface area contributed by atoms with Gasteiger partial charge in [-0.3, -0.25) is 4.79 Å². The predicted octanol–water partition coefficient (Wildman–Crippen LogP) is 1.09. The molecule has 1 saturated carbocycles. The van der Waals surface area contributed by atoms with E-state index in [4.69, 9.17) is 0 Å². The molecule has 132 valence electrons. The van der Waals surface area contributed by atoms with Crippen LogP contribution in [0, 0.1) is 17.6 Å². The molecule has 2 fully saturated rings. The molecular weight excluding hydrogens is 332 g/mol. The summed E-state index contributed by atoms with van der Waals surface area (Å²) in [5, 5.41) is 24.0. The van der Waals surface area contributed by atoms with Crippen molar-refractivity contribution in [2.24, 2.45) is 5.92 Å². The Hall–Kier alpha value is -2.42. The minimum atomic E-state index is -1.18. The number of carbonyl (C=O) groups is 1. The molecule has 0 radical (unpaired) electrons. The Morgan fingerprint density at radius 3 is 2.72 bits per heavy atom. The second kappa shape index (κ2) is 5.83. The van der Waals surface area contributed by atoms with Crippen LogP contribution >= 0.6 is 0 Å². The Morgan fingerprint density at radius 1 is 1.32 bits per heavy atom. The first-order valence-corrected chi connectivity index (χ1v) is 8.18. The van der Waals surface area contributed by atoms with E-state index in [2.05, 4.69) is 20.6 Å². The molecule has 4 rings (SSSR count). The molecule has 1 aromatic heterocycles. The van der Waals surface area contributed by atoms with E-state index in [0.717, 1.165) is 6.07 Å². The van der Waals surface area contributed by atoms with Gasteiger partial charge in [-0.05, 0) is 24.0 Å². The van der Waals surface area contributed by atoms with Crippen molar-refractivity contribution in [1.29, 1.82) is 0 Å². The highest BCUT2D eigenvalue weighted by Gasteiger charge is 2.48. The number of nitrogens with zero attached hydrogens (tertiary/aromatic N) is 4. The summed E-state index contributed by atoms with van der Waals surface area (Å²) in [6.07, 6.45) is 1.20. The van der Waals surface area contributed by atoms with Crippen LogP contribution in [0.1, 0.15) is 36.6 Å². The number of hydrogen-bond acceptors (Lipinski definition) is 5. The van der Waals surface area contributed by atoms with Gasteiger partial charge < -0.3 is 10.0 Å². The SMILES string of the molecule is O=C([C@@H]1C[C@H]1c1ccc(F)cc1F)N1CCC(O)(c2nn[nH]n2)CC1. The highest BCUT2D eigenvalue weighted by Crippen LogP contribution is 2.49. The molecule has 0 spiro atoms. The molecule has 1 aromatic carbocycles. The normalized spacial score (nSPS) is 25.0. The van der Waals surface area contributed by atoms with Gasteiger partial charge in [0.15, 0.2) is 0 Å². The number of benzene rings is 1. The molecule has 25 heavy (non-hydrogen) atoms. The van der Waals surface area contributed by atoms with E-state index in [1.807, 2.05) is 0 Å². The van der Waals surface area contributed by atoms with Gasteiger partial charge in [0.1, 0.15) is 17.2 Å². The zero-order chi connectivity index (χ0) is 17.6. The zero-order valence-electron chi connectivity index (χ0n) is 13.3. The predicted molar refractivity (Wildman–Crippen MR) is 81.1 cm³/mol. The number of rotatable bonds is 3. The van der Waals surface area contributed by atoms with Crippen LogP contribution in [0.15, 0.2) is 18.2 Å². The minimum Gasteiger partial charge on any atom is -0.382 e. The number of aromatic amines is 1. The highest BCUT2D eigenvalue weighted by atomic mass is 19.1. The smallest absolute Gasteiger partial charge is 0.226 e.